The maximum atomic E-state index is 12.9. The summed E-state index contributed by atoms with van der Waals surface area (Å²) in [6.45, 7) is 1.66. The van der Waals surface area contributed by atoms with Crippen molar-refractivity contribution in [1.82, 2.24) is 20.5 Å². The van der Waals surface area contributed by atoms with Crippen LogP contribution in [0, 0.1) is 5.92 Å². The molecule has 9 nitrogen and oxygen atoms in total. The summed E-state index contributed by atoms with van der Waals surface area (Å²) >= 11 is 0. The molecule has 1 spiro atoms. The normalized spacial score (nSPS) is 29.5. The lowest BCUT2D eigenvalue weighted by molar-refractivity contribution is -0.144. The third-order valence-electron chi connectivity index (χ3n) is 6.22. The van der Waals surface area contributed by atoms with E-state index in [1.165, 1.54) is 12.3 Å². The molecule has 3 amide bonds. The highest BCUT2D eigenvalue weighted by Crippen LogP contribution is 2.31. The Balaban J connectivity index is 1.27. The second-order valence-corrected chi connectivity index (χ2v) is 8.19. The van der Waals surface area contributed by atoms with E-state index in [0.717, 1.165) is 6.42 Å². The van der Waals surface area contributed by atoms with Crippen molar-refractivity contribution in [1.29, 1.82) is 0 Å². The summed E-state index contributed by atoms with van der Waals surface area (Å²) < 4.78 is 5.74. The molecular formula is C20H26N4O5. The number of aromatic amines is 1. The molecule has 0 radical (unpaired) electrons. The predicted octanol–water partition coefficient (Wildman–Crippen LogP) is -0.219. The van der Waals surface area contributed by atoms with Crippen LogP contribution in [0.3, 0.4) is 0 Å². The van der Waals surface area contributed by atoms with Gasteiger partial charge in [-0.3, -0.25) is 19.2 Å². The van der Waals surface area contributed by atoms with Crippen LogP contribution in [0.15, 0.2) is 23.1 Å². The van der Waals surface area contributed by atoms with Crippen molar-refractivity contribution < 1.29 is 19.1 Å². The highest BCUT2D eigenvalue weighted by atomic mass is 16.5. The number of nitrogens with one attached hydrogen (secondary N) is 3. The number of carbonyl (C=O) groups excluding carboxylic acids is 3. The quantitative estimate of drug-likeness (QED) is 0.646. The van der Waals surface area contributed by atoms with Gasteiger partial charge in [-0.15, -0.1) is 0 Å². The molecule has 1 unspecified atom stereocenters. The molecule has 4 rings (SSSR count). The number of likely N-dealkylation sites (tertiary alicyclic amines) is 1. The minimum atomic E-state index is -0.447. The van der Waals surface area contributed by atoms with Gasteiger partial charge in [-0.25, -0.2) is 0 Å². The fourth-order valence-corrected chi connectivity index (χ4v) is 4.48. The number of amides is 3. The van der Waals surface area contributed by atoms with E-state index < -0.39 is 11.2 Å². The zero-order chi connectivity index (χ0) is 20.4. The van der Waals surface area contributed by atoms with Crippen molar-refractivity contribution in [2.75, 3.05) is 26.2 Å². The summed E-state index contributed by atoms with van der Waals surface area (Å²) in [7, 11) is 0. The minimum Gasteiger partial charge on any atom is -0.361 e. The molecule has 2 saturated heterocycles. The second kappa shape index (κ2) is 7.98. The molecule has 0 aromatic carbocycles. The maximum Gasteiger partial charge on any atom is 0.260 e. The van der Waals surface area contributed by atoms with Gasteiger partial charge in [0.1, 0.15) is 17.8 Å². The van der Waals surface area contributed by atoms with Crippen LogP contribution in [0.1, 0.15) is 42.5 Å². The van der Waals surface area contributed by atoms with Gasteiger partial charge in [0.2, 0.25) is 11.8 Å². The number of nitrogens with zero attached hydrogens (tertiary/aromatic N) is 1. The second-order valence-electron chi connectivity index (χ2n) is 8.19. The van der Waals surface area contributed by atoms with E-state index in [2.05, 4.69) is 15.6 Å². The van der Waals surface area contributed by atoms with Gasteiger partial charge in [0, 0.05) is 31.2 Å². The minimum absolute atomic E-state index is 0.0343. The molecule has 3 heterocycles. The summed E-state index contributed by atoms with van der Waals surface area (Å²) in [4.78, 5) is 52.6. The number of carbonyl (C=O) groups is 3. The molecule has 0 bridgehead atoms. The lowest BCUT2D eigenvalue weighted by Crippen LogP contribution is -2.54. The summed E-state index contributed by atoms with van der Waals surface area (Å²) in [6, 6.07) is 3.09. The van der Waals surface area contributed by atoms with E-state index in [1.807, 2.05) is 4.90 Å². The monoisotopic (exact) mass is 402 g/mol. The van der Waals surface area contributed by atoms with Crippen molar-refractivity contribution in [3.05, 3.63) is 34.2 Å². The van der Waals surface area contributed by atoms with Crippen molar-refractivity contribution in [3.63, 3.8) is 0 Å². The highest BCUT2D eigenvalue weighted by molar-refractivity contribution is 5.94. The van der Waals surface area contributed by atoms with Crippen LogP contribution in [0.5, 0.6) is 0 Å². The van der Waals surface area contributed by atoms with E-state index in [9.17, 15) is 19.2 Å². The Kier molecular flexibility index (Phi) is 5.40. The first-order valence-corrected chi connectivity index (χ1v) is 10.1. The van der Waals surface area contributed by atoms with Gasteiger partial charge < -0.3 is 25.3 Å². The molecule has 9 heteroatoms. The maximum absolute atomic E-state index is 12.9. The van der Waals surface area contributed by atoms with E-state index in [-0.39, 0.29) is 41.9 Å². The predicted molar refractivity (Wildman–Crippen MR) is 103 cm³/mol. The average Bonchev–Trinajstić information content (AvgIpc) is 3.14. The Hall–Kier alpha value is -2.68. The van der Waals surface area contributed by atoms with Gasteiger partial charge in [0.25, 0.3) is 11.5 Å². The zero-order valence-electron chi connectivity index (χ0n) is 16.2. The Morgan fingerprint density at radius 2 is 2.00 bits per heavy atom. The van der Waals surface area contributed by atoms with Crippen LogP contribution in [0.4, 0.5) is 0 Å². The topological polar surface area (TPSA) is 121 Å². The van der Waals surface area contributed by atoms with Gasteiger partial charge in [-0.2, -0.15) is 0 Å². The summed E-state index contributed by atoms with van der Waals surface area (Å²) in [6.07, 6.45) is 5.05. The van der Waals surface area contributed by atoms with Crippen LogP contribution in [0.25, 0.3) is 0 Å². The van der Waals surface area contributed by atoms with Gasteiger partial charge in [0.15, 0.2) is 0 Å². The zero-order valence-corrected chi connectivity index (χ0v) is 16.2. The largest absolute Gasteiger partial charge is 0.361 e. The van der Waals surface area contributed by atoms with Crippen molar-refractivity contribution in [2.24, 2.45) is 5.92 Å². The fourth-order valence-electron chi connectivity index (χ4n) is 4.48. The summed E-state index contributed by atoms with van der Waals surface area (Å²) in [5, 5.41) is 5.74. The van der Waals surface area contributed by atoms with Gasteiger partial charge in [-0.05, 0) is 44.2 Å². The number of aromatic nitrogens is 1. The van der Waals surface area contributed by atoms with E-state index in [0.29, 0.717) is 45.3 Å². The van der Waals surface area contributed by atoms with Crippen LogP contribution in [-0.2, 0) is 14.3 Å². The van der Waals surface area contributed by atoms with Crippen molar-refractivity contribution in [3.8, 4) is 0 Å². The van der Waals surface area contributed by atoms with E-state index in [1.54, 1.807) is 6.07 Å². The van der Waals surface area contributed by atoms with E-state index >= 15 is 0 Å². The smallest absolute Gasteiger partial charge is 0.260 e. The fraction of sp³-hybridized carbons (Fsp3) is 0.600. The number of rotatable bonds is 3. The van der Waals surface area contributed by atoms with Crippen molar-refractivity contribution in [2.45, 2.75) is 43.7 Å². The first kappa shape index (κ1) is 19.6. The number of morpholine rings is 1. The van der Waals surface area contributed by atoms with Gasteiger partial charge in [0.05, 0.1) is 6.54 Å². The lowest BCUT2D eigenvalue weighted by atomic mass is 9.85. The summed E-state index contributed by atoms with van der Waals surface area (Å²) in [5.74, 6) is -0.416. The molecular weight excluding hydrogens is 376 g/mol. The molecule has 2 aliphatic heterocycles. The van der Waals surface area contributed by atoms with Crippen molar-refractivity contribution >= 4 is 17.7 Å². The molecule has 3 aliphatic rings. The molecule has 1 atom stereocenters. The lowest BCUT2D eigenvalue weighted by Gasteiger charge is -2.34. The first-order valence-electron chi connectivity index (χ1n) is 10.1. The molecule has 1 saturated carbocycles. The third kappa shape index (κ3) is 4.19. The average molecular weight is 402 g/mol. The molecule has 1 aliphatic carbocycles. The SMILES string of the molecule is O=C1COC2(CCN(C(=O)C3CCC(NC(=O)c4ccc[nH]c4=O)CC3)C2)CN1. The van der Waals surface area contributed by atoms with Gasteiger partial charge >= 0.3 is 0 Å². The molecule has 3 N–H and O–H groups in total. The molecule has 3 fully saturated rings. The third-order valence-corrected chi connectivity index (χ3v) is 6.22. The number of ether oxygens (including phenoxy) is 1. The Morgan fingerprint density at radius 1 is 1.21 bits per heavy atom. The molecule has 156 valence electrons. The number of hydrogen-bond donors (Lipinski definition) is 3. The summed E-state index contributed by atoms with van der Waals surface area (Å²) in [5.41, 5.74) is -0.747. The van der Waals surface area contributed by atoms with E-state index in [4.69, 9.17) is 4.74 Å². The van der Waals surface area contributed by atoms with Crippen LogP contribution in [-0.4, -0.2) is 65.5 Å². The number of pyridine rings is 1. The number of H-pyrrole nitrogens is 1. The molecule has 1 aromatic rings. The standard InChI is InChI=1S/C20H26N4O5/c25-16-10-29-20(11-22-16)7-9-24(12-20)19(28)13-3-5-14(6-4-13)23-18(27)15-2-1-8-21-17(15)26/h1-2,8,13-14H,3-7,9-12H2,(H,21,26)(H,22,25)(H,23,27). The Labute approximate surface area is 168 Å². The molecule has 29 heavy (non-hydrogen) atoms. The van der Waals surface area contributed by atoms with Gasteiger partial charge in [-0.1, -0.05) is 0 Å². The Morgan fingerprint density at radius 3 is 2.69 bits per heavy atom. The van der Waals surface area contributed by atoms with Crippen LogP contribution < -0.4 is 16.2 Å². The molecule has 1 aromatic heterocycles. The van der Waals surface area contributed by atoms with Crippen LogP contribution >= 0.6 is 0 Å². The highest BCUT2D eigenvalue weighted by Gasteiger charge is 2.45. The number of hydrogen-bond acceptors (Lipinski definition) is 5. The van der Waals surface area contributed by atoms with Crippen LogP contribution in [0.2, 0.25) is 0 Å². The first-order chi connectivity index (χ1) is 14.0. The Bertz CT molecular complexity index is 848.